The summed E-state index contributed by atoms with van der Waals surface area (Å²) in [4.78, 5) is 12.5. The first-order chi connectivity index (χ1) is 8.92. The maximum absolute atomic E-state index is 12.5. The topological polar surface area (TPSA) is 57.5 Å². The van der Waals surface area contributed by atoms with Crippen molar-refractivity contribution >= 4 is 5.78 Å². The van der Waals surface area contributed by atoms with Gasteiger partial charge in [-0.3, -0.25) is 4.79 Å². The predicted molar refractivity (Wildman–Crippen MR) is 74.5 cm³/mol. The molecular weight excluding hydrogens is 240 g/mol. The highest BCUT2D eigenvalue weighted by molar-refractivity contribution is 5.85. The van der Waals surface area contributed by atoms with Crippen LogP contribution in [0.3, 0.4) is 0 Å². The van der Waals surface area contributed by atoms with E-state index in [1.165, 1.54) is 0 Å². The quantitative estimate of drug-likeness (QED) is 0.770. The summed E-state index contributed by atoms with van der Waals surface area (Å²) in [6, 6.07) is 0. The van der Waals surface area contributed by atoms with Crippen LogP contribution in [0.5, 0.6) is 0 Å². The van der Waals surface area contributed by atoms with Crippen LogP contribution in [0.4, 0.5) is 0 Å². The third-order valence-electron chi connectivity index (χ3n) is 5.65. The van der Waals surface area contributed by atoms with Gasteiger partial charge in [-0.2, -0.15) is 0 Å². The second-order valence-electron chi connectivity index (χ2n) is 6.58. The Morgan fingerprint density at radius 2 is 2.00 bits per heavy atom. The van der Waals surface area contributed by atoms with Crippen LogP contribution in [0.1, 0.15) is 40.0 Å². The first-order valence-corrected chi connectivity index (χ1v) is 7.43. The van der Waals surface area contributed by atoms with E-state index in [9.17, 15) is 9.90 Å². The van der Waals surface area contributed by atoms with E-state index < -0.39 is 5.41 Å². The van der Waals surface area contributed by atoms with Crippen LogP contribution in [0.15, 0.2) is 12.2 Å². The molecule has 3 heteroatoms. The third kappa shape index (κ3) is 2.27. The molecule has 6 atom stereocenters. The molecule has 2 aliphatic carbocycles. The fourth-order valence-corrected chi connectivity index (χ4v) is 4.03. The summed E-state index contributed by atoms with van der Waals surface area (Å²) in [5.41, 5.74) is -0.441. The summed E-state index contributed by atoms with van der Waals surface area (Å²) in [5, 5.41) is 19.5. The molecule has 0 spiro atoms. The third-order valence-corrected chi connectivity index (χ3v) is 5.65. The lowest BCUT2D eigenvalue weighted by molar-refractivity contribution is -0.140. The van der Waals surface area contributed by atoms with E-state index in [-0.39, 0.29) is 42.7 Å². The van der Waals surface area contributed by atoms with E-state index in [0.29, 0.717) is 5.92 Å². The van der Waals surface area contributed by atoms with E-state index in [1.54, 1.807) is 0 Å². The van der Waals surface area contributed by atoms with Gasteiger partial charge < -0.3 is 10.2 Å². The Morgan fingerprint density at radius 1 is 1.32 bits per heavy atom. The molecule has 1 fully saturated rings. The Hall–Kier alpha value is -0.670. The van der Waals surface area contributed by atoms with Crippen LogP contribution in [0.2, 0.25) is 0 Å². The standard InChI is InChI=1S/C16H26O3/c1-10-4-7-13-12(15(10)19)6-5-11(2)16(13,3)14(18)8-9-17/h5-6,10-13,15,17,19H,4,7-9H2,1-3H3. The maximum Gasteiger partial charge on any atom is 0.141 e. The minimum atomic E-state index is -0.441. The lowest BCUT2D eigenvalue weighted by atomic mass is 9.53. The van der Waals surface area contributed by atoms with Gasteiger partial charge in [-0.15, -0.1) is 0 Å². The minimum Gasteiger partial charge on any atom is -0.396 e. The van der Waals surface area contributed by atoms with Gasteiger partial charge in [0.25, 0.3) is 0 Å². The van der Waals surface area contributed by atoms with Crippen LogP contribution in [-0.2, 0) is 4.79 Å². The number of carbonyl (C=O) groups excluding carboxylic acids is 1. The van der Waals surface area contributed by atoms with Gasteiger partial charge in [0, 0.05) is 24.4 Å². The molecule has 3 nitrogen and oxygen atoms in total. The number of rotatable bonds is 3. The SMILES string of the molecule is CC1CCC2C(C=CC(C)C2(C)C(=O)CCO)C1O. The van der Waals surface area contributed by atoms with E-state index in [0.717, 1.165) is 12.8 Å². The van der Waals surface area contributed by atoms with Gasteiger partial charge in [0.15, 0.2) is 0 Å². The lowest BCUT2D eigenvalue weighted by Crippen LogP contribution is -2.52. The Bertz CT molecular complexity index is 376. The first-order valence-electron chi connectivity index (χ1n) is 7.43. The molecule has 0 bridgehead atoms. The molecule has 2 rings (SSSR count). The average Bonchev–Trinajstić information content (AvgIpc) is 2.38. The largest absolute Gasteiger partial charge is 0.396 e. The van der Waals surface area contributed by atoms with Gasteiger partial charge in [-0.25, -0.2) is 0 Å². The zero-order valence-corrected chi connectivity index (χ0v) is 12.2. The second-order valence-corrected chi connectivity index (χ2v) is 6.58. The summed E-state index contributed by atoms with van der Waals surface area (Å²) >= 11 is 0. The first kappa shape index (κ1) is 14.7. The molecule has 6 unspecified atom stereocenters. The van der Waals surface area contributed by atoms with Crippen molar-refractivity contribution in [1.82, 2.24) is 0 Å². The molecule has 0 saturated heterocycles. The normalized spacial score (nSPS) is 45.8. The molecule has 0 amide bonds. The molecular formula is C16H26O3. The molecule has 2 N–H and O–H groups in total. The molecule has 0 aromatic rings. The molecule has 2 aliphatic rings. The number of aliphatic hydroxyl groups is 2. The number of hydrogen-bond donors (Lipinski definition) is 2. The van der Waals surface area contributed by atoms with Crippen LogP contribution in [-0.4, -0.2) is 28.7 Å². The molecule has 0 aromatic heterocycles. The fourth-order valence-electron chi connectivity index (χ4n) is 4.03. The molecule has 0 aromatic carbocycles. The number of fused-ring (bicyclic) bond motifs is 1. The van der Waals surface area contributed by atoms with Crippen molar-refractivity contribution in [3.05, 3.63) is 12.2 Å². The summed E-state index contributed by atoms with van der Waals surface area (Å²) in [7, 11) is 0. The molecule has 19 heavy (non-hydrogen) atoms. The van der Waals surface area contributed by atoms with Crippen LogP contribution in [0, 0.1) is 29.1 Å². The number of aliphatic hydroxyl groups excluding tert-OH is 2. The van der Waals surface area contributed by atoms with Gasteiger partial charge in [-0.1, -0.05) is 32.9 Å². The van der Waals surface area contributed by atoms with Gasteiger partial charge in [0.05, 0.1) is 6.10 Å². The van der Waals surface area contributed by atoms with Gasteiger partial charge in [-0.05, 0) is 30.6 Å². The monoisotopic (exact) mass is 266 g/mol. The number of allylic oxidation sites excluding steroid dienone is 1. The molecule has 0 aliphatic heterocycles. The second kappa shape index (κ2) is 5.37. The Morgan fingerprint density at radius 3 is 2.63 bits per heavy atom. The van der Waals surface area contributed by atoms with Crippen molar-refractivity contribution < 1.29 is 15.0 Å². The number of ketones is 1. The van der Waals surface area contributed by atoms with Crippen molar-refractivity contribution in [1.29, 1.82) is 0 Å². The van der Waals surface area contributed by atoms with Crippen LogP contribution in [0.25, 0.3) is 0 Å². The number of hydrogen-bond acceptors (Lipinski definition) is 3. The highest BCUT2D eigenvalue weighted by Gasteiger charge is 2.52. The van der Waals surface area contributed by atoms with E-state index >= 15 is 0 Å². The zero-order chi connectivity index (χ0) is 14.2. The van der Waals surface area contributed by atoms with E-state index in [4.69, 9.17) is 5.11 Å². The Kier molecular flexibility index (Phi) is 4.17. The molecule has 108 valence electrons. The average molecular weight is 266 g/mol. The van der Waals surface area contributed by atoms with Crippen LogP contribution < -0.4 is 0 Å². The zero-order valence-electron chi connectivity index (χ0n) is 12.2. The molecule has 0 radical (unpaired) electrons. The summed E-state index contributed by atoms with van der Waals surface area (Å²) < 4.78 is 0. The van der Waals surface area contributed by atoms with Gasteiger partial charge >= 0.3 is 0 Å². The number of Topliss-reactive ketones (excluding diaryl/α,β-unsaturated/α-hetero) is 1. The number of carbonyl (C=O) groups is 1. The minimum absolute atomic E-state index is 0.0821. The highest BCUT2D eigenvalue weighted by Crippen LogP contribution is 2.52. The Labute approximate surface area is 115 Å². The predicted octanol–water partition coefficient (Wildman–Crippen LogP) is 2.17. The Balaban J connectivity index is 2.33. The fraction of sp³-hybridized carbons (Fsp3) is 0.812. The summed E-state index contributed by atoms with van der Waals surface area (Å²) in [6.07, 6.45) is 6.05. The summed E-state index contributed by atoms with van der Waals surface area (Å²) in [5.74, 6) is 0.916. The summed E-state index contributed by atoms with van der Waals surface area (Å²) in [6.45, 7) is 6.10. The lowest BCUT2D eigenvalue weighted by Gasteiger charge is -2.51. The smallest absolute Gasteiger partial charge is 0.141 e. The molecule has 1 saturated carbocycles. The van der Waals surface area contributed by atoms with Gasteiger partial charge in [0.1, 0.15) is 5.78 Å². The van der Waals surface area contributed by atoms with E-state index in [2.05, 4.69) is 26.0 Å². The van der Waals surface area contributed by atoms with Crippen molar-refractivity contribution in [2.75, 3.05) is 6.61 Å². The van der Waals surface area contributed by atoms with Gasteiger partial charge in [0.2, 0.25) is 0 Å². The molecule has 0 heterocycles. The van der Waals surface area contributed by atoms with E-state index in [1.807, 2.05) is 6.92 Å². The van der Waals surface area contributed by atoms with Crippen molar-refractivity contribution in [3.8, 4) is 0 Å². The van der Waals surface area contributed by atoms with Crippen molar-refractivity contribution in [2.45, 2.75) is 46.1 Å². The van der Waals surface area contributed by atoms with Crippen molar-refractivity contribution in [2.24, 2.45) is 29.1 Å². The maximum atomic E-state index is 12.5. The van der Waals surface area contributed by atoms with Crippen LogP contribution >= 0.6 is 0 Å². The van der Waals surface area contributed by atoms with Crippen molar-refractivity contribution in [3.63, 3.8) is 0 Å². The highest BCUT2D eigenvalue weighted by atomic mass is 16.3.